The van der Waals surface area contributed by atoms with Crippen LogP contribution in [0.25, 0.3) is 28.5 Å². The highest BCUT2D eigenvalue weighted by Crippen LogP contribution is 2.35. The Balaban J connectivity index is 1.98. The molecule has 0 radical (unpaired) electrons. The molecule has 0 saturated carbocycles. The number of hydrogen-bond acceptors (Lipinski definition) is 2. The molecular formula is C24H22N2. The first kappa shape index (κ1) is 15.5. The van der Waals surface area contributed by atoms with Crippen molar-refractivity contribution < 1.29 is 0 Å². The van der Waals surface area contributed by atoms with Crippen LogP contribution in [0.4, 0.5) is 0 Å². The molecule has 0 aliphatic heterocycles. The third-order valence-electron chi connectivity index (χ3n) is 5.93. The Hall–Kier alpha value is -2.74. The molecule has 0 fully saturated rings. The molecule has 0 amide bonds. The fourth-order valence-corrected chi connectivity index (χ4v) is 4.50. The van der Waals surface area contributed by atoms with Gasteiger partial charge in [0.1, 0.15) is 0 Å². The summed E-state index contributed by atoms with van der Waals surface area (Å²) in [5.74, 6) is 0. The average molecular weight is 338 g/mol. The highest BCUT2D eigenvalue weighted by atomic mass is 14.8. The van der Waals surface area contributed by atoms with E-state index < -0.39 is 0 Å². The van der Waals surface area contributed by atoms with Crippen molar-refractivity contribution in [2.45, 2.75) is 38.5 Å². The highest BCUT2D eigenvalue weighted by Gasteiger charge is 2.29. The zero-order valence-corrected chi connectivity index (χ0v) is 15.3. The molecule has 0 N–H and O–H groups in total. The van der Waals surface area contributed by atoms with E-state index in [1.165, 1.54) is 37.9 Å². The van der Waals surface area contributed by atoms with Crippen molar-refractivity contribution in [3.05, 3.63) is 76.2 Å². The lowest BCUT2D eigenvalue weighted by Crippen LogP contribution is -2.33. The van der Waals surface area contributed by atoms with Crippen LogP contribution in [0.1, 0.15) is 49.9 Å². The molecule has 1 aromatic heterocycles. The van der Waals surface area contributed by atoms with Crippen molar-refractivity contribution in [1.29, 1.82) is 0 Å². The number of allylic oxidation sites excluding steroid dienone is 1. The van der Waals surface area contributed by atoms with E-state index in [1.807, 2.05) is 6.20 Å². The summed E-state index contributed by atoms with van der Waals surface area (Å²) in [6.45, 7) is 4.72. The fourth-order valence-electron chi connectivity index (χ4n) is 4.50. The first-order chi connectivity index (χ1) is 12.6. The van der Waals surface area contributed by atoms with Crippen molar-refractivity contribution in [2.75, 3.05) is 0 Å². The molecule has 128 valence electrons. The first-order valence-electron chi connectivity index (χ1n) is 9.38. The molecule has 26 heavy (non-hydrogen) atoms. The minimum absolute atomic E-state index is 0.175. The van der Waals surface area contributed by atoms with Gasteiger partial charge in [-0.05, 0) is 62.6 Å². The molecule has 2 aliphatic carbocycles. The Morgan fingerprint density at radius 2 is 1.88 bits per heavy atom. The maximum atomic E-state index is 4.62. The summed E-state index contributed by atoms with van der Waals surface area (Å²) in [5.41, 5.74) is 5.28. The van der Waals surface area contributed by atoms with Crippen LogP contribution >= 0.6 is 0 Å². The Labute approximate surface area is 153 Å². The Kier molecular flexibility index (Phi) is 3.36. The number of aromatic nitrogens is 2. The van der Waals surface area contributed by atoms with Gasteiger partial charge in [-0.3, -0.25) is 9.97 Å². The van der Waals surface area contributed by atoms with Gasteiger partial charge in [0, 0.05) is 12.4 Å². The Morgan fingerprint density at radius 3 is 2.73 bits per heavy atom. The second kappa shape index (κ2) is 5.63. The van der Waals surface area contributed by atoms with Gasteiger partial charge >= 0.3 is 0 Å². The van der Waals surface area contributed by atoms with Gasteiger partial charge in [-0.15, -0.1) is 0 Å². The zero-order chi connectivity index (χ0) is 17.7. The molecule has 2 nitrogen and oxygen atoms in total. The van der Waals surface area contributed by atoms with Gasteiger partial charge < -0.3 is 0 Å². The fraction of sp³-hybridized carbons (Fsp3) is 0.250. The number of benzene rings is 2. The predicted octanol–water partition coefficient (Wildman–Crippen LogP) is 4.10. The topological polar surface area (TPSA) is 25.8 Å². The Bertz CT molecular complexity index is 1170. The van der Waals surface area contributed by atoms with E-state index in [-0.39, 0.29) is 5.41 Å². The first-order valence-corrected chi connectivity index (χ1v) is 9.38. The molecule has 5 rings (SSSR count). The van der Waals surface area contributed by atoms with Crippen LogP contribution in [-0.2, 0) is 5.41 Å². The van der Waals surface area contributed by atoms with E-state index >= 15 is 0 Å². The van der Waals surface area contributed by atoms with Crippen LogP contribution in [0.5, 0.6) is 0 Å². The zero-order valence-electron chi connectivity index (χ0n) is 15.3. The summed E-state index contributed by atoms with van der Waals surface area (Å²) in [6.07, 6.45) is 15.5. The lowest BCUT2D eigenvalue weighted by molar-refractivity contribution is 0.475. The minimum Gasteiger partial charge on any atom is -0.261 e. The van der Waals surface area contributed by atoms with Gasteiger partial charge in [0.15, 0.2) is 0 Å². The van der Waals surface area contributed by atoms with E-state index in [1.54, 1.807) is 12.4 Å². The maximum Gasteiger partial charge on any atom is 0.0851 e. The highest BCUT2D eigenvalue weighted by molar-refractivity contribution is 5.91. The molecule has 0 spiro atoms. The Morgan fingerprint density at radius 1 is 1.00 bits per heavy atom. The van der Waals surface area contributed by atoms with Gasteiger partial charge in [-0.2, -0.15) is 0 Å². The van der Waals surface area contributed by atoms with Crippen molar-refractivity contribution >= 4 is 28.5 Å². The molecule has 1 heterocycles. The molecule has 2 aliphatic rings. The van der Waals surface area contributed by atoms with Gasteiger partial charge in [0.2, 0.25) is 0 Å². The van der Waals surface area contributed by atoms with E-state index in [4.69, 9.17) is 0 Å². The van der Waals surface area contributed by atoms with Crippen LogP contribution in [0.2, 0.25) is 0 Å². The number of fused-ring (bicyclic) bond motifs is 5. The minimum atomic E-state index is 0.175. The van der Waals surface area contributed by atoms with Gasteiger partial charge in [0.25, 0.3) is 0 Å². The summed E-state index contributed by atoms with van der Waals surface area (Å²) in [7, 11) is 0. The molecule has 3 aromatic rings. The number of nitrogens with zero attached hydrogens (tertiary/aromatic N) is 2. The average Bonchev–Trinajstić information content (AvgIpc) is 2.68. The molecule has 0 bridgehead atoms. The lowest BCUT2D eigenvalue weighted by atomic mass is 9.72. The van der Waals surface area contributed by atoms with Crippen molar-refractivity contribution in [3.8, 4) is 0 Å². The van der Waals surface area contributed by atoms with Crippen molar-refractivity contribution in [1.82, 2.24) is 9.97 Å². The summed E-state index contributed by atoms with van der Waals surface area (Å²) in [6, 6.07) is 9.23. The summed E-state index contributed by atoms with van der Waals surface area (Å²) < 4.78 is 0. The van der Waals surface area contributed by atoms with Gasteiger partial charge in [-0.1, -0.05) is 56.3 Å². The normalized spacial score (nSPS) is 17.5. The monoisotopic (exact) mass is 338 g/mol. The third-order valence-corrected chi connectivity index (χ3v) is 5.93. The van der Waals surface area contributed by atoms with Crippen LogP contribution in [0, 0.1) is 0 Å². The molecule has 2 heteroatoms. The van der Waals surface area contributed by atoms with Crippen LogP contribution in [-0.4, -0.2) is 9.97 Å². The van der Waals surface area contributed by atoms with Crippen LogP contribution in [0.15, 0.2) is 48.9 Å². The summed E-state index contributed by atoms with van der Waals surface area (Å²) in [5, 5.41) is 5.45. The van der Waals surface area contributed by atoms with Gasteiger partial charge in [-0.25, -0.2) is 0 Å². The van der Waals surface area contributed by atoms with Crippen LogP contribution < -0.4 is 10.4 Å². The molecule has 0 atom stereocenters. The van der Waals surface area contributed by atoms with E-state index in [0.29, 0.717) is 0 Å². The number of rotatable bonds is 1. The SMILES string of the molecule is CC1(C)CCC(c2cnccn2)=c2c1ccc1c3c(ccc21)C=CCC=3. The number of hydrogen-bond donors (Lipinski definition) is 0. The predicted molar refractivity (Wildman–Crippen MR) is 108 cm³/mol. The van der Waals surface area contributed by atoms with Gasteiger partial charge in [0.05, 0.1) is 11.9 Å². The lowest BCUT2D eigenvalue weighted by Gasteiger charge is -2.32. The molecular weight excluding hydrogens is 316 g/mol. The maximum absolute atomic E-state index is 4.62. The molecule has 2 aromatic carbocycles. The largest absolute Gasteiger partial charge is 0.261 e. The van der Waals surface area contributed by atoms with E-state index in [0.717, 1.165) is 25.0 Å². The van der Waals surface area contributed by atoms with Crippen molar-refractivity contribution in [3.63, 3.8) is 0 Å². The summed E-state index contributed by atoms with van der Waals surface area (Å²) >= 11 is 0. The van der Waals surface area contributed by atoms with Crippen molar-refractivity contribution in [2.24, 2.45) is 0 Å². The van der Waals surface area contributed by atoms with E-state index in [9.17, 15) is 0 Å². The van der Waals surface area contributed by atoms with Crippen LogP contribution in [0.3, 0.4) is 0 Å². The smallest absolute Gasteiger partial charge is 0.0851 e. The summed E-state index contributed by atoms with van der Waals surface area (Å²) in [4.78, 5) is 8.95. The quantitative estimate of drug-likeness (QED) is 0.668. The van der Waals surface area contributed by atoms with E-state index in [2.05, 4.69) is 66.3 Å². The third kappa shape index (κ3) is 2.25. The standard InChI is InChI=1S/C24H22N2/c1-24(2)12-11-20(22-15-25-13-14-26-22)23-19-8-7-16-5-3-4-6-17(16)18(19)9-10-21(23)24/h3,5-10,13-15H,4,11-12H2,1-2H3. The molecule has 0 saturated heterocycles. The second-order valence-electron chi connectivity index (χ2n) is 7.95. The second-order valence-corrected chi connectivity index (χ2v) is 7.95. The molecule has 0 unspecified atom stereocenters.